The van der Waals surface area contributed by atoms with Crippen molar-refractivity contribution in [2.24, 2.45) is 0 Å². The van der Waals surface area contributed by atoms with Crippen LogP contribution in [0.4, 0.5) is 0 Å². The van der Waals surface area contributed by atoms with Crippen LogP contribution in [0.2, 0.25) is 0 Å². The summed E-state index contributed by atoms with van der Waals surface area (Å²) in [6.07, 6.45) is 0. The summed E-state index contributed by atoms with van der Waals surface area (Å²) in [5, 5.41) is 5.95. The minimum atomic E-state index is -2.16. The zero-order valence-electron chi connectivity index (χ0n) is 47.7. The van der Waals surface area contributed by atoms with Crippen molar-refractivity contribution in [3.05, 3.63) is 228 Å². The molecule has 0 aliphatic carbocycles. The van der Waals surface area contributed by atoms with E-state index in [9.17, 15) is 0 Å². The van der Waals surface area contributed by atoms with Crippen LogP contribution in [-0.4, -0.2) is 9.55 Å². The molecule has 0 aliphatic rings. The number of nitrogens with zero attached hydrogens (tertiary/aromatic N) is 4. The van der Waals surface area contributed by atoms with Gasteiger partial charge in [0.25, 0.3) is 0 Å². The zero-order chi connectivity index (χ0) is 54.9. The van der Waals surface area contributed by atoms with Gasteiger partial charge in [0.2, 0.25) is 0 Å². The number of hydrogen-bond donors (Lipinski definition) is 0. The minimum Gasteiger partial charge on any atom is -0.501 e. The Morgan fingerprint density at radius 1 is 0.558 bits per heavy atom. The quantitative estimate of drug-likeness (QED) is 0.0822. The van der Waals surface area contributed by atoms with Gasteiger partial charge in [0.05, 0.1) is 39.3 Å². The zero-order valence-corrected chi connectivity index (χ0v) is 47.1. The Kier molecular flexibility index (Phi) is 12.9. The van der Waals surface area contributed by atoms with Gasteiger partial charge in [-0.3, -0.25) is 9.97 Å². The second kappa shape index (κ2) is 20.9. The van der Waals surface area contributed by atoms with Crippen molar-refractivity contribution in [2.75, 3.05) is 0 Å². The van der Waals surface area contributed by atoms with Crippen molar-refractivity contribution in [1.82, 2.24) is 14.5 Å². The molecule has 0 saturated carbocycles. The van der Waals surface area contributed by atoms with Gasteiger partial charge in [0, 0.05) is 20.9 Å². The van der Waals surface area contributed by atoms with Crippen molar-refractivity contribution in [3.63, 3.8) is 0 Å². The predicted molar refractivity (Wildman–Crippen MR) is 317 cm³/mol. The molecule has 10 aromatic carbocycles. The predicted octanol–water partition coefficient (Wildman–Crippen LogP) is 18.7. The van der Waals surface area contributed by atoms with E-state index in [0.717, 1.165) is 94.0 Å². The number of hydrogen-bond acceptors (Lipinski definition) is 2. The maximum Gasteiger partial charge on any atom is 3.00 e. The van der Waals surface area contributed by atoms with E-state index in [2.05, 4.69) is 204 Å². The van der Waals surface area contributed by atoms with Gasteiger partial charge in [0.15, 0.2) is 0 Å². The van der Waals surface area contributed by atoms with E-state index < -0.39 is 6.85 Å². The Hall–Kier alpha value is -7.89. The molecular formula is C71H62IrN4O+. The largest absolute Gasteiger partial charge is 3.00 e. The smallest absolute Gasteiger partial charge is 0.501 e. The van der Waals surface area contributed by atoms with Crippen LogP contribution in [0.1, 0.15) is 111 Å². The second-order valence-electron chi connectivity index (χ2n) is 21.3. The number of aryl methyl sites for hydroxylation is 1. The number of para-hydroxylation sites is 5. The Morgan fingerprint density at radius 2 is 1.23 bits per heavy atom. The molecule has 13 aromatic rings. The molecule has 0 N–H and O–H groups in total. The summed E-state index contributed by atoms with van der Waals surface area (Å²) in [4.78, 5) is 10.3. The normalized spacial score (nSPS) is 12.5. The molecule has 5 nitrogen and oxygen atoms in total. The Bertz CT molecular complexity index is 4380. The van der Waals surface area contributed by atoms with Crippen molar-refractivity contribution < 1.29 is 33.2 Å². The summed E-state index contributed by atoms with van der Waals surface area (Å²) in [7, 11) is 0. The third-order valence-electron chi connectivity index (χ3n) is 15.0. The third kappa shape index (κ3) is 9.18. The molecule has 0 bridgehead atoms. The molecule has 0 fully saturated rings. The summed E-state index contributed by atoms with van der Waals surface area (Å²) in [6, 6.07) is 71.5. The molecular weight excluding hydrogens is 1120 g/mol. The van der Waals surface area contributed by atoms with Crippen LogP contribution in [0.25, 0.3) is 111 Å². The Morgan fingerprint density at radius 3 is 1.94 bits per heavy atom. The molecule has 0 saturated heterocycles. The van der Waals surface area contributed by atoms with E-state index in [4.69, 9.17) is 18.5 Å². The molecule has 380 valence electrons. The molecule has 0 amide bonds. The minimum absolute atomic E-state index is 0. The van der Waals surface area contributed by atoms with Gasteiger partial charge in [-0.05, 0) is 134 Å². The van der Waals surface area contributed by atoms with Gasteiger partial charge in [0.1, 0.15) is 5.58 Å². The van der Waals surface area contributed by atoms with Crippen LogP contribution in [0.5, 0.6) is 0 Å². The summed E-state index contributed by atoms with van der Waals surface area (Å²) < 4.78 is 35.2. The molecule has 0 unspecified atom stereocenters. The molecule has 3 heterocycles. The summed E-state index contributed by atoms with van der Waals surface area (Å²) in [6.45, 7) is 15.9. The summed E-state index contributed by atoms with van der Waals surface area (Å²) >= 11 is 0. The summed E-state index contributed by atoms with van der Waals surface area (Å²) in [5.41, 5.74) is 17.8. The number of furan rings is 1. The van der Waals surface area contributed by atoms with E-state index in [1.807, 2.05) is 48.5 Å². The third-order valence-corrected chi connectivity index (χ3v) is 15.0. The first-order chi connectivity index (χ1) is 38.1. The van der Waals surface area contributed by atoms with Gasteiger partial charge in [-0.15, -0.1) is 54.1 Å². The van der Waals surface area contributed by atoms with Crippen LogP contribution in [0.3, 0.4) is 0 Å². The van der Waals surface area contributed by atoms with Gasteiger partial charge in [-0.2, -0.15) is 0 Å². The average molecular weight is 1180 g/mol. The van der Waals surface area contributed by atoms with Crippen LogP contribution in [0, 0.1) is 19.0 Å². The summed E-state index contributed by atoms with van der Waals surface area (Å²) in [5.74, 6) is 3.07. The van der Waals surface area contributed by atoms with E-state index in [1.54, 1.807) is 12.1 Å². The van der Waals surface area contributed by atoms with Crippen LogP contribution in [-0.2, 0) is 20.1 Å². The van der Waals surface area contributed by atoms with Gasteiger partial charge in [-0.25, -0.2) is 0 Å². The average Bonchev–Trinajstić information content (AvgIpc) is 3.75. The maximum absolute atomic E-state index is 7.91. The molecule has 3 aromatic heterocycles. The van der Waals surface area contributed by atoms with Gasteiger partial charge >= 0.3 is 20.1 Å². The second-order valence-corrected chi connectivity index (χ2v) is 21.3. The van der Waals surface area contributed by atoms with Gasteiger partial charge in [-0.1, -0.05) is 175 Å². The fraction of sp³-hybridized carbons (Fsp3) is 0.183. The molecule has 13 rings (SSSR count). The van der Waals surface area contributed by atoms with Crippen molar-refractivity contribution in [1.29, 1.82) is 0 Å². The standard InChI is InChI=1S/C46H37N2O.C25H25N2.Ir/c1-27(2)37-23-33(30-12-7-6-8-13-30)24-38(28(3)4)44(37)48-42-17-10-9-16-41(42)47-46(48)36-15-11-14-35-40-26-39-32(25-43(40)49-45(35)36)20-19-31-22-29(5)18-21-34(31)39;1-17(2)20-13-10-14-21(18(3)4)24(20)27-23-16-9-8-15-22(23)26-25(27)19-11-6-5-7-12-19;/h6-14,16-28H,1-5H3;5-11,13-18H,1-4H3;/q2*-1;+3/i5D3;;. The van der Waals surface area contributed by atoms with Gasteiger partial charge < -0.3 is 13.6 Å². The van der Waals surface area contributed by atoms with Crippen LogP contribution in [0.15, 0.2) is 192 Å². The fourth-order valence-corrected chi connectivity index (χ4v) is 11.2. The maximum atomic E-state index is 7.91. The SMILES string of the molecule is CC(C)c1cccc(C(C)C)c1-n1c(-c2[c-]cccc2)nc2ccccc21.[2H]C([2H])([2H])c1ccc2c(ccc3cc4oc5c(-c6[n-]c7ccccc7[n+]6-c6c(C(C)C)cc(-c7ccccc7)cc6C(C)C)[c-]ccc5c4cc32)c1.[Ir+3]. The van der Waals surface area contributed by atoms with Crippen LogP contribution < -0.4 is 9.55 Å². The first-order valence-corrected chi connectivity index (χ1v) is 26.7. The van der Waals surface area contributed by atoms with E-state index in [0.29, 0.717) is 17.4 Å². The van der Waals surface area contributed by atoms with Crippen LogP contribution >= 0.6 is 0 Å². The number of aromatic nitrogens is 4. The van der Waals surface area contributed by atoms with Crippen molar-refractivity contribution in [2.45, 2.75) is 85.9 Å². The number of fused-ring (bicyclic) bond motifs is 8. The Balaban J connectivity index is 0.000000203. The number of imidazole rings is 2. The molecule has 0 aliphatic heterocycles. The fourth-order valence-electron chi connectivity index (χ4n) is 11.2. The van der Waals surface area contributed by atoms with Crippen molar-refractivity contribution >= 4 is 65.6 Å². The molecule has 0 spiro atoms. The molecule has 77 heavy (non-hydrogen) atoms. The van der Waals surface area contributed by atoms with E-state index >= 15 is 0 Å². The Labute approximate surface area is 469 Å². The molecule has 6 heteroatoms. The van der Waals surface area contributed by atoms with Crippen molar-refractivity contribution in [3.8, 4) is 45.3 Å². The monoisotopic (exact) mass is 1180 g/mol. The number of rotatable bonds is 9. The first kappa shape index (κ1) is 47.6. The van der Waals surface area contributed by atoms with E-state index in [1.165, 1.54) is 39.1 Å². The topological polar surface area (TPSA) is 48.9 Å². The molecule has 0 radical (unpaired) electrons. The first-order valence-electron chi connectivity index (χ1n) is 28.2. The number of benzene rings is 10. The molecule has 0 atom stereocenters. The van der Waals surface area contributed by atoms with E-state index in [-0.39, 0.29) is 31.9 Å².